The molecule has 0 heterocycles. The molecule has 0 saturated heterocycles. The molecule has 1 rings (SSSR count). The van der Waals surface area contributed by atoms with Gasteiger partial charge in [0.2, 0.25) is 0 Å². The summed E-state index contributed by atoms with van der Waals surface area (Å²) in [5, 5.41) is 0. The Bertz CT molecular complexity index is 328. The van der Waals surface area contributed by atoms with Crippen molar-refractivity contribution in [1.82, 2.24) is 0 Å². The molecule has 1 aromatic carbocycles. The first-order valence-corrected chi connectivity index (χ1v) is 5.35. The quantitative estimate of drug-likeness (QED) is 0.753. The first-order chi connectivity index (χ1) is 7.72. The van der Waals surface area contributed by atoms with Crippen molar-refractivity contribution in [2.45, 2.75) is 19.8 Å². The first-order valence-electron chi connectivity index (χ1n) is 5.35. The molecule has 0 spiro atoms. The molecule has 90 valence electrons. The molecule has 0 amide bonds. The Morgan fingerprint density at radius 1 is 1.31 bits per heavy atom. The minimum atomic E-state index is 0.231. The van der Waals surface area contributed by atoms with Gasteiger partial charge in [-0.25, -0.2) is 5.90 Å². The molecule has 16 heavy (non-hydrogen) atoms. The van der Waals surface area contributed by atoms with Crippen molar-refractivity contribution in [3.63, 3.8) is 0 Å². The van der Waals surface area contributed by atoms with Gasteiger partial charge >= 0.3 is 0 Å². The summed E-state index contributed by atoms with van der Waals surface area (Å²) in [4.78, 5) is 4.64. The maximum atomic E-state index is 5.44. The number of ether oxygens (including phenoxy) is 2. The summed E-state index contributed by atoms with van der Waals surface area (Å²) in [6.07, 6.45) is 0. The third-order valence-corrected chi connectivity index (χ3v) is 2.40. The van der Waals surface area contributed by atoms with E-state index in [2.05, 4.69) is 4.84 Å². The Balaban J connectivity index is 2.89. The maximum Gasteiger partial charge on any atom is 0.161 e. The molecule has 0 aromatic heterocycles. The number of hydrogen-bond acceptors (Lipinski definition) is 4. The van der Waals surface area contributed by atoms with Crippen molar-refractivity contribution in [2.75, 3.05) is 20.3 Å². The van der Waals surface area contributed by atoms with E-state index < -0.39 is 0 Å². The van der Waals surface area contributed by atoms with E-state index in [4.69, 9.17) is 15.4 Å². The van der Waals surface area contributed by atoms with Gasteiger partial charge < -0.3 is 14.3 Å². The summed E-state index contributed by atoms with van der Waals surface area (Å²) in [5.74, 6) is 6.79. The van der Waals surface area contributed by atoms with Crippen LogP contribution in [-0.2, 0) is 4.84 Å². The zero-order valence-electron chi connectivity index (χ0n) is 10.0. The fourth-order valence-electron chi connectivity index (χ4n) is 1.51. The third kappa shape index (κ3) is 3.12. The minimum Gasteiger partial charge on any atom is -0.493 e. The van der Waals surface area contributed by atoms with Crippen LogP contribution in [0.1, 0.15) is 25.3 Å². The van der Waals surface area contributed by atoms with Crippen LogP contribution < -0.4 is 15.4 Å². The topological polar surface area (TPSA) is 53.7 Å². The molecule has 2 N–H and O–H groups in total. The molecule has 0 aliphatic rings. The van der Waals surface area contributed by atoms with Crippen LogP contribution in [-0.4, -0.2) is 20.3 Å². The number of rotatable bonds is 6. The smallest absolute Gasteiger partial charge is 0.161 e. The van der Waals surface area contributed by atoms with E-state index in [1.807, 2.05) is 32.0 Å². The second kappa shape index (κ2) is 6.35. The monoisotopic (exact) mass is 225 g/mol. The third-order valence-electron chi connectivity index (χ3n) is 2.40. The molecular weight excluding hydrogens is 206 g/mol. The molecule has 1 atom stereocenters. The first kappa shape index (κ1) is 12.8. The number of benzene rings is 1. The molecule has 4 heteroatoms. The van der Waals surface area contributed by atoms with Gasteiger partial charge in [0.25, 0.3) is 0 Å². The summed E-state index contributed by atoms with van der Waals surface area (Å²) in [7, 11) is 1.63. The Kier molecular flexibility index (Phi) is 5.08. The van der Waals surface area contributed by atoms with Crippen molar-refractivity contribution >= 4 is 0 Å². The average molecular weight is 225 g/mol. The van der Waals surface area contributed by atoms with Crippen LogP contribution in [0.25, 0.3) is 0 Å². The summed E-state index contributed by atoms with van der Waals surface area (Å²) < 4.78 is 10.7. The molecule has 0 saturated carbocycles. The van der Waals surface area contributed by atoms with Gasteiger partial charge in [-0.3, -0.25) is 0 Å². The number of methoxy groups -OCH3 is 1. The molecule has 0 fully saturated rings. The Morgan fingerprint density at radius 2 is 2.06 bits per heavy atom. The lowest BCUT2D eigenvalue weighted by atomic mass is 10.0. The normalized spacial score (nSPS) is 12.2. The zero-order chi connectivity index (χ0) is 12.0. The molecular formula is C12H19NO3. The zero-order valence-corrected chi connectivity index (χ0v) is 10.0. The SMILES string of the molecule is CCOc1ccc(C(C)CON)cc1OC. The highest BCUT2D eigenvalue weighted by Gasteiger charge is 2.10. The lowest BCUT2D eigenvalue weighted by Gasteiger charge is -2.14. The lowest BCUT2D eigenvalue weighted by molar-refractivity contribution is 0.126. The number of nitrogens with two attached hydrogens (primary N) is 1. The summed E-state index contributed by atoms with van der Waals surface area (Å²) in [5.41, 5.74) is 1.12. The highest BCUT2D eigenvalue weighted by Crippen LogP contribution is 2.30. The highest BCUT2D eigenvalue weighted by molar-refractivity contribution is 5.43. The van der Waals surface area contributed by atoms with Crippen LogP contribution >= 0.6 is 0 Å². The van der Waals surface area contributed by atoms with Gasteiger partial charge in [0, 0.05) is 5.92 Å². The molecule has 1 unspecified atom stereocenters. The second-order valence-electron chi connectivity index (χ2n) is 3.58. The van der Waals surface area contributed by atoms with Gasteiger partial charge in [0.1, 0.15) is 0 Å². The summed E-state index contributed by atoms with van der Waals surface area (Å²) in [6, 6.07) is 5.86. The molecule has 0 aliphatic heterocycles. The maximum absolute atomic E-state index is 5.44. The Morgan fingerprint density at radius 3 is 2.62 bits per heavy atom. The van der Waals surface area contributed by atoms with Gasteiger partial charge in [0.05, 0.1) is 20.3 Å². The molecule has 4 nitrogen and oxygen atoms in total. The van der Waals surface area contributed by atoms with Gasteiger partial charge in [-0.05, 0) is 24.6 Å². The van der Waals surface area contributed by atoms with Crippen molar-refractivity contribution < 1.29 is 14.3 Å². The molecule has 0 radical (unpaired) electrons. The largest absolute Gasteiger partial charge is 0.493 e. The van der Waals surface area contributed by atoms with Gasteiger partial charge in [0.15, 0.2) is 11.5 Å². The van der Waals surface area contributed by atoms with E-state index in [9.17, 15) is 0 Å². The predicted octanol–water partition coefficient (Wildman–Crippen LogP) is 2.09. The van der Waals surface area contributed by atoms with Crippen LogP contribution in [0, 0.1) is 0 Å². The van der Waals surface area contributed by atoms with Gasteiger partial charge in [-0.2, -0.15) is 0 Å². The van der Waals surface area contributed by atoms with Crippen LogP contribution in [0.15, 0.2) is 18.2 Å². The minimum absolute atomic E-state index is 0.231. The number of hydrogen-bond donors (Lipinski definition) is 1. The molecule has 1 aromatic rings. The van der Waals surface area contributed by atoms with E-state index in [-0.39, 0.29) is 5.92 Å². The van der Waals surface area contributed by atoms with Crippen molar-refractivity contribution in [3.05, 3.63) is 23.8 Å². The molecule has 0 aliphatic carbocycles. The lowest BCUT2D eigenvalue weighted by Crippen LogP contribution is -2.08. The Hall–Kier alpha value is -1.26. The van der Waals surface area contributed by atoms with Crippen LogP contribution in [0.5, 0.6) is 11.5 Å². The fourth-order valence-corrected chi connectivity index (χ4v) is 1.51. The van der Waals surface area contributed by atoms with E-state index >= 15 is 0 Å². The van der Waals surface area contributed by atoms with E-state index in [1.54, 1.807) is 7.11 Å². The Labute approximate surface area is 96.3 Å². The highest BCUT2D eigenvalue weighted by atomic mass is 16.6. The van der Waals surface area contributed by atoms with E-state index in [1.165, 1.54) is 0 Å². The average Bonchev–Trinajstić information content (AvgIpc) is 2.30. The van der Waals surface area contributed by atoms with Crippen molar-refractivity contribution in [1.29, 1.82) is 0 Å². The van der Waals surface area contributed by atoms with Crippen molar-refractivity contribution in [2.24, 2.45) is 5.90 Å². The van der Waals surface area contributed by atoms with E-state index in [0.29, 0.717) is 13.2 Å². The van der Waals surface area contributed by atoms with Crippen LogP contribution in [0.3, 0.4) is 0 Å². The van der Waals surface area contributed by atoms with E-state index in [0.717, 1.165) is 17.1 Å². The summed E-state index contributed by atoms with van der Waals surface area (Å²) in [6.45, 7) is 5.09. The van der Waals surface area contributed by atoms with Gasteiger partial charge in [-0.15, -0.1) is 0 Å². The fraction of sp³-hybridized carbons (Fsp3) is 0.500. The van der Waals surface area contributed by atoms with Crippen molar-refractivity contribution in [3.8, 4) is 11.5 Å². The predicted molar refractivity (Wildman–Crippen MR) is 62.7 cm³/mol. The summed E-state index contributed by atoms with van der Waals surface area (Å²) >= 11 is 0. The standard InChI is InChI=1S/C12H19NO3/c1-4-15-11-6-5-10(7-12(11)14-3)9(2)8-16-13/h5-7,9H,4,8,13H2,1-3H3. The second-order valence-corrected chi connectivity index (χ2v) is 3.58. The van der Waals surface area contributed by atoms with Crippen LogP contribution in [0.2, 0.25) is 0 Å². The molecule has 0 bridgehead atoms. The van der Waals surface area contributed by atoms with Gasteiger partial charge in [-0.1, -0.05) is 13.0 Å². The van der Waals surface area contributed by atoms with Crippen LogP contribution in [0.4, 0.5) is 0 Å².